The molecular formula is C17H16F2NOTi-. The van der Waals surface area contributed by atoms with Crippen LogP contribution in [0, 0.1) is 23.6 Å². The zero-order valence-corrected chi connectivity index (χ0v) is 14.0. The second-order valence-corrected chi connectivity index (χ2v) is 5.18. The minimum absolute atomic E-state index is 0. The maximum Gasteiger partial charge on any atom is 0.247 e. The van der Waals surface area contributed by atoms with Gasteiger partial charge in [0.05, 0.1) is 0 Å². The Morgan fingerprint density at radius 2 is 1.77 bits per heavy atom. The molecule has 0 saturated heterocycles. The number of rotatable bonds is 4. The molecule has 0 fully saturated rings. The number of benzene rings is 2. The van der Waals surface area contributed by atoms with Crippen molar-refractivity contribution >= 4 is 11.6 Å². The molecule has 0 aromatic heterocycles. The van der Waals surface area contributed by atoms with Crippen LogP contribution in [0.15, 0.2) is 42.5 Å². The van der Waals surface area contributed by atoms with E-state index in [9.17, 15) is 13.6 Å². The summed E-state index contributed by atoms with van der Waals surface area (Å²) < 4.78 is 26.9. The predicted octanol–water partition coefficient (Wildman–Crippen LogP) is 4.07. The van der Waals surface area contributed by atoms with Gasteiger partial charge in [0, 0.05) is 45.5 Å². The fourth-order valence-corrected chi connectivity index (χ4v) is 2.04. The molecule has 1 amide bonds. The minimum atomic E-state index is -0.861. The maximum absolute atomic E-state index is 13.9. The van der Waals surface area contributed by atoms with Crippen molar-refractivity contribution < 1.29 is 35.3 Å². The van der Waals surface area contributed by atoms with Gasteiger partial charge in [-0.15, -0.1) is 18.2 Å². The molecule has 0 saturated carbocycles. The van der Waals surface area contributed by atoms with E-state index in [4.69, 9.17) is 0 Å². The van der Waals surface area contributed by atoms with Crippen LogP contribution in [0.3, 0.4) is 0 Å². The van der Waals surface area contributed by atoms with Crippen molar-refractivity contribution in [2.24, 2.45) is 5.92 Å². The zero-order valence-electron chi connectivity index (χ0n) is 12.4. The summed E-state index contributed by atoms with van der Waals surface area (Å²) >= 11 is 0. The Bertz CT molecular complexity index is 632. The topological polar surface area (TPSA) is 20.3 Å². The standard InChI is InChI=1S/C17H16F2NO.Ti/c1-12(2)11-20(16-9-8-14(18)10-15(16)19)17(21)13-6-4-3-5-7-13;/h3-9,12H,11H2,1-2H3;/q-1;. The molecule has 0 N–H and O–H groups in total. The number of carbonyl (C=O) groups is 1. The van der Waals surface area contributed by atoms with Crippen LogP contribution in [-0.4, -0.2) is 12.5 Å². The van der Waals surface area contributed by atoms with E-state index in [0.717, 1.165) is 6.07 Å². The predicted molar refractivity (Wildman–Crippen MR) is 78.2 cm³/mol. The van der Waals surface area contributed by atoms with Crippen molar-refractivity contribution in [1.82, 2.24) is 0 Å². The molecule has 0 atom stereocenters. The monoisotopic (exact) mass is 336 g/mol. The van der Waals surface area contributed by atoms with E-state index in [-0.39, 0.29) is 39.2 Å². The Morgan fingerprint density at radius 3 is 2.32 bits per heavy atom. The van der Waals surface area contributed by atoms with E-state index in [1.807, 2.05) is 19.9 Å². The molecular weight excluding hydrogens is 320 g/mol. The number of halogens is 2. The van der Waals surface area contributed by atoms with Crippen LogP contribution in [0.2, 0.25) is 0 Å². The summed E-state index contributed by atoms with van der Waals surface area (Å²) in [5, 5.41) is 0. The van der Waals surface area contributed by atoms with Gasteiger partial charge in [-0.3, -0.25) is 4.79 Å². The first kappa shape index (κ1) is 18.5. The molecule has 0 aliphatic heterocycles. The van der Waals surface area contributed by atoms with E-state index < -0.39 is 11.6 Å². The van der Waals surface area contributed by atoms with E-state index in [0.29, 0.717) is 12.1 Å². The van der Waals surface area contributed by atoms with Crippen molar-refractivity contribution in [2.45, 2.75) is 13.8 Å². The summed E-state index contributed by atoms with van der Waals surface area (Å²) in [5.74, 6) is -1.82. The third kappa shape index (κ3) is 4.49. The van der Waals surface area contributed by atoms with E-state index in [1.54, 1.807) is 30.3 Å². The van der Waals surface area contributed by atoms with Crippen LogP contribution >= 0.6 is 0 Å². The van der Waals surface area contributed by atoms with Crippen LogP contribution < -0.4 is 4.90 Å². The Balaban J connectivity index is 0.00000242. The van der Waals surface area contributed by atoms with Crippen LogP contribution in [0.25, 0.3) is 0 Å². The average Bonchev–Trinajstić information content (AvgIpc) is 2.45. The molecule has 0 aliphatic rings. The van der Waals surface area contributed by atoms with Crippen molar-refractivity contribution in [3.8, 4) is 0 Å². The second-order valence-electron chi connectivity index (χ2n) is 5.18. The number of nitrogens with zero attached hydrogens (tertiary/aromatic N) is 1. The summed E-state index contributed by atoms with van der Waals surface area (Å²) in [6, 6.07) is 13.0. The molecule has 2 aromatic rings. The number of amides is 1. The Hall–Kier alpha value is -1.52. The van der Waals surface area contributed by atoms with Gasteiger partial charge in [0.2, 0.25) is 5.91 Å². The van der Waals surface area contributed by atoms with Gasteiger partial charge in [0.1, 0.15) is 0 Å². The second kappa shape index (κ2) is 8.21. The summed E-state index contributed by atoms with van der Waals surface area (Å²) in [6.45, 7) is 4.19. The van der Waals surface area contributed by atoms with Gasteiger partial charge < -0.3 is 4.90 Å². The van der Waals surface area contributed by atoms with Crippen molar-refractivity contribution in [3.63, 3.8) is 0 Å². The van der Waals surface area contributed by atoms with E-state index in [2.05, 4.69) is 0 Å². The van der Waals surface area contributed by atoms with Gasteiger partial charge in [-0.1, -0.05) is 32.0 Å². The smallest absolute Gasteiger partial charge is 0.247 e. The molecule has 0 spiro atoms. The van der Waals surface area contributed by atoms with Crippen LogP contribution in [-0.2, 0) is 21.7 Å². The zero-order chi connectivity index (χ0) is 15.4. The molecule has 5 heteroatoms. The molecule has 22 heavy (non-hydrogen) atoms. The molecule has 0 heterocycles. The number of hydrogen-bond acceptors (Lipinski definition) is 1. The largest absolute Gasteiger partial charge is 0.359 e. The van der Waals surface area contributed by atoms with Crippen molar-refractivity contribution in [2.75, 3.05) is 11.4 Å². The molecule has 2 nitrogen and oxygen atoms in total. The van der Waals surface area contributed by atoms with Crippen LogP contribution in [0.1, 0.15) is 24.2 Å². The molecule has 0 unspecified atom stereocenters. The minimum Gasteiger partial charge on any atom is -0.359 e. The van der Waals surface area contributed by atoms with Gasteiger partial charge in [-0.05, 0) is 23.7 Å². The Kier molecular flexibility index (Phi) is 6.91. The molecule has 0 radical (unpaired) electrons. The van der Waals surface area contributed by atoms with Gasteiger partial charge in [0.15, 0.2) is 0 Å². The van der Waals surface area contributed by atoms with Gasteiger partial charge in [-0.25, -0.2) is 8.78 Å². The van der Waals surface area contributed by atoms with Crippen molar-refractivity contribution in [3.05, 3.63) is 65.7 Å². The average molecular weight is 336 g/mol. The summed E-state index contributed by atoms with van der Waals surface area (Å²) in [4.78, 5) is 13.9. The van der Waals surface area contributed by atoms with Gasteiger partial charge >= 0.3 is 0 Å². The number of anilines is 1. The molecule has 2 rings (SSSR count). The Morgan fingerprint density at radius 1 is 1.14 bits per heavy atom. The first-order valence-corrected chi connectivity index (χ1v) is 6.73. The fraction of sp³-hybridized carbons (Fsp3) is 0.235. The third-order valence-corrected chi connectivity index (χ3v) is 2.95. The summed E-state index contributed by atoms with van der Waals surface area (Å²) in [5.41, 5.74) is 0.501. The third-order valence-electron chi connectivity index (χ3n) is 2.95. The van der Waals surface area contributed by atoms with Gasteiger partial charge in [-0.2, -0.15) is 0 Å². The Labute approximate surface area is 144 Å². The summed E-state index contributed by atoms with van der Waals surface area (Å²) in [6.07, 6.45) is 0. The first-order valence-electron chi connectivity index (χ1n) is 6.73. The molecule has 114 valence electrons. The summed E-state index contributed by atoms with van der Waals surface area (Å²) in [7, 11) is 0. The number of carbonyl (C=O) groups excluding carboxylic acids is 1. The fourth-order valence-electron chi connectivity index (χ4n) is 2.04. The molecule has 2 aromatic carbocycles. The van der Waals surface area contributed by atoms with Crippen LogP contribution in [0.5, 0.6) is 0 Å². The van der Waals surface area contributed by atoms with Gasteiger partial charge in [0.25, 0.3) is 0 Å². The van der Waals surface area contributed by atoms with E-state index >= 15 is 0 Å². The quantitative estimate of drug-likeness (QED) is 0.609. The first-order chi connectivity index (χ1) is 9.99. The molecule has 0 aliphatic carbocycles. The SMILES string of the molecule is CC(C)CN(C(=O)c1ccccc1)c1ccc(F)[c-]c1F.[Ti]. The van der Waals surface area contributed by atoms with E-state index in [1.165, 1.54) is 11.0 Å². The maximum atomic E-state index is 13.9. The number of hydrogen-bond donors (Lipinski definition) is 0. The van der Waals surface area contributed by atoms with Crippen molar-refractivity contribution in [1.29, 1.82) is 0 Å². The molecule has 0 bridgehead atoms. The van der Waals surface area contributed by atoms with Crippen LogP contribution in [0.4, 0.5) is 14.5 Å². The normalized spacial score (nSPS) is 10.2.